The van der Waals surface area contributed by atoms with Crippen LogP contribution in [0.4, 0.5) is 15.3 Å². The van der Waals surface area contributed by atoms with E-state index < -0.39 is 0 Å². The highest BCUT2D eigenvalue weighted by molar-refractivity contribution is 7.17. The Kier molecular flexibility index (Phi) is 4.15. The SMILES string of the molecule is O=C(c1cnc(NCc2ccc(F)cc2)s1)C1CNc2ncccc21. The average molecular weight is 354 g/mol. The van der Waals surface area contributed by atoms with Gasteiger partial charge in [0.15, 0.2) is 10.9 Å². The number of nitrogens with zero attached hydrogens (tertiary/aromatic N) is 2. The number of benzene rings is 1. The Morgan fingerprint density at radius 1 is 1.28 bits per heavy atom. The lowest BCUT2D eigenvalue weighted by Gasteiger charge is -2.06. The molecule has 4 rings (SSSR count). The lowest BCUT2D eigenvalue weighted by molar-refractivity contribution is 0.0970. The first-order valence-electron chi connectivity index (χ1n) is 7.88. The molecule has 0 bridgehead atoms. The Balaban J connectivity index is 1.44. The van der Waals surface area contributed by atoms with E-state index in [1.54, 1.807) is 24.5 Å². The van der Waals surface area contributed by atoms with Gasteiger partial charge < -0.3 is 10.6 Å². The van der Waals surface area contributed by atoms with E-state index >= 15 is 0 Å². The van der Waals surface area contributed by atoms with Crippen molar-refractivity contribution in [1.82, 2.24) is 9.97 Å². The summed E-state index contributed by atoms with van der Waals surface area (Å²) in [6, 6.07) is 10.1. The van der Waals surface area contributed by atoms with Gasteiger partial charge in [-0.15, -0.1) is 0 Å². The van der Waals surface area contributed by atoms with Crippen LogP contribution in [0.25, 0.3) is 0 Å². The standard InChI is InChI=1S/C18H15FN4OS/c19-12-5-3-11(4-6-12)8-22-18-23-10-15(25-18)16(24)14-9-21-17-13(14)2-1-7-20-17/h1-7,10,14H,8-9H2,(H,20,21)(H,22,23). The lowest BCUT2D eigenvalue weighted by atomic mass is 9.98. The second-order valence-electron chi connectivity index (χ2n) is 5.75. The Morgan fingerprint density at radius 2 is 2.12 bits per heavy atom. The van der Waals surface area contributed by atoms with Crippen LogP contribution in [-0.2, 0) is 6.54 Å². The van der Waals surface area contributed by atoms with Crippen LogP contribution in [0.5, 0.6) is 0 Å². The van der Waals surface area contributed by atoms with Crippen molar-refractivity contribution in [3.8, 4) is 0 Å². The minimum Gasteiger partial charge on any atom is -0.369 e. The van der Waals surface area contributed by atoms with Crippen molar-refractivity contribution in [2.45, 2.75) is 12.5 Å². The molecule has 0 amide bonds. The molecular formula is C18H15FN4OS. The third-order valence-corrected chi connectivity index (χ3v) is 5.08. The maximum Gasteiger partial charge on any atom is 0.183 e. The van der Waals surface area contributed by atoms with Gasteiger partial charge in [0, 0.05) is 24.8 Å². The predicted octanol–water partition coefficient (Wildman–Crippen LogP) is 3.68. The number of rotatable bonds is 5. The van der Waals surface area contributed by atoms with E-state index in [0.29, 0.717) is 23.1 Å². The first kappa shape index (κ1) is 15.7. The molecule has 0 spiro atoms. The number of pyridine rings is 1. The Labute approximate surface area is 148 Å². The fourth-order valence-electron chi connectivity index (χ4n) is 2.81. The minimum atomic E-state index is -0.258. The number of anilines is 2. The molecule has 1 unspecified atom stereocenters. The van der Waals surface area contributed by atoms with Crippen molar-refractivity contribution < 1.29 is 9.18 Å². The zero-order valence-corrected chi connectivity index (χ0v) is 14.0. The summed E-state index contributed by atoms with van der Waals surface area (Å²) in [5.74, 6) is 0.339. The molecule has 5 nitrogen and oxygen atoms in total. The zero-order chi connectivity index (χ0) is 17.2. The van der Waals surface area contributed by atoms with Gasteiger partial charge in [0.2, 0.25) is 0 Å². The normalized spacial score (nSPS) is 15.5. The van der Waals surface area contributed by atoms with Crippen molar-refractivity contribution >= 4 is 28.1 Å². The van der Waals surface area contributed by atoms with Gasteiger partial charge in [-0.3, -0.25) is 4.79 Å². The highest BCUT2D eigenvalue weighted by Crippen LogP contribution is 2.33. The largest absolute Gasteiger partial charge is 0.369 e. The van der Waals surface area contributed by atoms with E-state index in [-0.39, 0.29) is 17.5 Å². The fraction of sp³-hybridized carbons (Fsp3) is 0.167. The first-order valence-corrected chi connectivity index (χ1v) is 8.69. The van der Waals surface area contributed by atoms with E-state index in [0.717, 1.165) is 16.9 Å². The second-order valence-corrected chi connectivity index (χ2v) is 6.78. The number of carbonyl (C=O) groups excluding carboxylic acids is 1. The van der Waals surface area contributed by atoms with Crippen LogP contribution in [0.15, 0.2) is 48.8 Å². The molecule has 0 saturated heterocycles. The van der Waals surface area contributed by atoms with Crippen LogP contribution in [0.1, 0.15) is 26.7 Å². The summed E-state index contributed by atoms with van der Waals surface area (Å²) in [6.45, 7) is 1.08. The molecule has 1 aliphatic heterocycles. The van der Waals surface area contributed by atoms with Crippen LogP contribution in [0.2, 0.25) is 0 Å². The number of fused-ring (bicyclic) bond motifs is 1. The summed E-state index contributed by atoms with van der Waals surface area (Å²) in [7, 11) is 0. The number of aromatic nitrogens is 2. The number of Topliss-reactive ketones (excluding diaryl/α,β-unsaturated/α-hetero) is 1. The van der Waals surface area contributed by atoms with Gasteiger partial charge in [-0.25, -0.2) is 14.4 Å². The van der Waals surface area contributed by atoms with Gasteiger partial charge in [-0.1, -0.05) is 29.5 Å². The molecule has 7 heteroatoms. The van der Waals surface area contributed by atoms with E-state index in [1.807, 2.05) is 12.1 Å². The van der Waals surface area contributed by atoms with Crippen LogP contribution >= 0.6 is 11.3 Å². The average Bonchev–Trinajstić information content (AvgIpc) is 3.28. The summed E-state index contributed by atoms with van der Waals surface area (Å²) < 4.78 is 12.9. The monoisotopic (exact) mass is 354 g/mol. The number of ketones is 1. The van der Waals surface area contributed by atoms with Crippen LogP contribution < -0.4 is 10.6 Å². The van der Waals surface area contributed by atoms with Crippen LogP contribution in [0.3, 0.4) is 0 Å². The van der Waals surface area contributed by atoms with E-state index in [9.17, 15) is 9.18 Å². The molecule has 1 atom stereocenters. The van der Waals surface area contributed by atoms with Crippen molar-refractivity contribution in [1.29, 1.82) is 0 Å². The van der Waals surface area contributed by atoms with E-state index in [1.165, 1.54) is 23.5 Å². The fourth-order valence-corrected chi connectivity index (χ4v) is 3.62. The van der Waals surface area contributed by atoms with Gasteiger partial charge >= 0.3 is 0 Å². The molecule has 3 heterocycles. The van der Waals surface area contributed by atoms with E-state index in [4.69, 9.17) is 0 Å². The van der Waals surface area contributed by atoms with Crippen LogP contribution in [-0.4, -0.2) is 22.3 Å². The maximum absolute atomic E-state index is 12.9. The summed E-state index contributed by atoms with van der Waals surface area (Å²) in [6.07, 6.45) is 3.32. The van der Waals surface area contributed by atoms with Crippen LogP contribution in [0, 0.1) is 5.82 Å². The number of thiazole rings is 1. The molecule has 0 saturated carbocycles. The highest BCUT2D eigenvalue weighted by Gasteiger charge is 2.30. The van der Waals surface area contributed by atoms with Gasteiger partial charge in [0.05, 0.1) is 17.0 Å². The molecule has 2 aromatic heterocycles. The first-order chi connectivity index (χ1) is 12.2. The predicted molar refractivity (Wildman–Crippen MR) is 95.6 cm³/mol. The third-order valence-electron chi connectivity index (χ3n) is 4.11. The molecule has 0 fully saturated rings. The Hall–Kier alpha value is -2.80. The number of nitrogens with one attached hydrogen (secondary N) is 2. The second kappa shape index (κ2) is 6.60. The molecule has 3 aromatic rings. The maximum atomic E-state index is 12.9. The number of halogens is 1. The molecule has 1 aromatic carbocycles. The van der Waals surface area contributed by atoms with Gasteiger partial charge in [-0.2, -0.15) is 0 Å². The third kappa shape index (κ3) is 3.23. The smallest absolute Gasteiger partial charge is 0.183 e. The number of carbonyl (C=O) groups is 1. The molecular weight excluding hydrogens is 339 g/mol. The highest BCUT2D eigenvalue weighted by atomic mass is 32.1. The van der Waals surface area contributed by atoms with Crippen molar-refractivity contribution in [2.24, 2.45) is 0 Å². The summed E-state index contributed by atoms with van der Waals surface area (Å²) in [5, 5.41) is 7.01. The molecule has 0 aliphatic carbocycles. The molecule has 126 valence electrons. The molecule has 1 aliphatic rings. The zero-order valence-electron chi connectivity index (χ0n) is 13.2. The van der Waals surface area contributed by atoms with Gasteiger partial charge in [-0.05, 0) is 23.8 Å². The van der Waals surface area contributed by atoms with Gasteiger partial charge in [0.25, 0.3) is 0 Å². The van der Waals surface area contributed by atoms with E-state index in [2.05, 4.69) is 20.6 Å². The topological polar surface area (TPSA) is 66.9 Å². The number of hydrogen-bond acceptors (Lipinski definition) is 6. The van der Waals surface area contributed by atoms with Crippen molar-refractivity contribution in [2.75, 3.05) is 17.2 Å². The quantitative estimate of drug-likeness (QED) is 0.684. The number of hydrogen-bond donors (Lipinski definition) is 2. The summed E-state index contributed by atoms with van der Waals surface area (Å²) in [4.78, 5) is 21.9. The molecule has 25 heavy (non-hydrogen) atoms. The Bertz CT molecular complexity index is 909. The molecule has 0 radical (unpaired) electrons. The van der Waals surface area contributed by atoms with Crippen molar-refractivity contribution in [3.63, 3.8) is 0 Å². The summed E-state index contributed by atoms with van der Waals surface area (Å²) in [5.41, 5.74) is 1.88. The minimum absolute atomic E-state index is 0.0478. The Morgan fingerprint density at radius 3 is 2.96 bits per heavy atom. The van der Waals surface area contributed by atoms with Crippen molar-refractivity contribution in [3.05, 3.63) is 70.6 Å². The van der Waals surface area contributed by atoms with Gasteiger partial charge in [0.1, 0.15) is 11.6 Å². The summed E-state index contributed by atoms with van der Waals surface area (Å²) >= 11 is 1.33. The molecule has 2 N–H and O–H groups in total. The lowest BCUT2D eigenvalue weighted by Crippen LogP contribution is -2.13.